The second-order valence-corrected chi connectivity index (χ2v) is 7.64. The van der Waals surface area contributed by atoms with Crippen molar-refractivity contribution in [2.75, 3.05) is 13.2 Å². The van der Waals surface area contributed by atoms with Gasteiger partial charge < -0.3 is 10.1 Å². The van der Waals surface area contributed by atoms with E-state index in [1.54, 1.807) is 24.3 Å². The van der Waals surface area contributed by atoms with Gasteiger partial charge in [-0.3, -0.25) is 9.59 Å². The van der Waals surface area contributed by atoms with Crippen molar-refractivity contribution in [2.45, 2.75) is 32.6 Å². The van der Waals surface area contributed by atoms with Gasteiger partial charge in [-0.15, -0.1) is 0 Å². The van der Waals surface area contributed by atoms with Gasteiger partial charge in [0.15, 0.2) is 12.4 Å². The van der Waals surface area contributed by atoms with E-state index in [9.17, 15) is 9.59 Å². The van der Waals surface area contributed by atoms with Crippen molar-refractivity contribution in [1.29, 1.82) is 0 Å². The largest absolute Gasteiger partial charge is 0.484 e. The second kappa shape index (κ2) is 6.32. The number of allylic oxidation sites excluding steroid dienone is 2. The summed E-state index contributed by atoms with van der Waals surface area (Å²) in [5, 5.41) is 3.03. The van der Waals surface area contributed by atoms with Crippen LogP contribution in [0.1, 0.15) is 43.0 Å². The molecule has 25 heavy (non-hydrogen) atoms. The van der Waals surface area contributed by atoms with Crippen LogP contribution in [0.15, 0.2) is 36.4 Å². The Morgan fingerprint density at radius 2 is 1.96 bits per heavy atom. The molecule has 1 spiro atoms. The molecular formula is C21H25NO3. The minimum atomic E-state index is -0.0784. The fourth-order valence-corrected chi connectivity index (χ4v) is 4.74. The average Bonchev–Trinajstić information content (AvgIpc) is 3.31. The molecule has 2 fully saturated rings. The molecule has 2 saturated carbocycles. The molecule has 0 aromatic heterocycles. The van der Waals surface area contributed by atoms with Crippen molar-refractivity contribution in [2.24, 2.45) is 23.2 Å². The van der Waals surface area contributed by atoms with Crippen LogP contribution in [0.3, 0.4) is 0 Å². The molecule has 0 saturated heterocycles. The lowest BCUT2D eigenvalue weighted by molar-refractivity contribution is -0.123. The Kier molecular flexibility index (Phi) is 4.14. The molecule has 0 radical (unpaired) electrons. The average molecular weight is 339 g/mol. The number of benzene rings is 1. The van der Waals surface area contributed by atoms with Crippen LogP contribution < -0.4 is 10.1 Å². The number of ketones is 1. The molecular weight excluding hydrogens is 314 g/mol. The topological polar surface area (TPSA) is 55.4 Å². The summed E-state index contributed by atoms with van der Waals surface area (Å²) in [6.07, 6.45) is 9.20. The smallest absolute Gasteiger partial charge is 0.257 e. The second-order valence-electron chi connectivity index (χ2n) is 7.64. The Morgan fingerprint density at radius 1 is 1.20 bits per heavy atom. The number of hydrogen-bond acceptors (Lipinski definition) is 3. The monoisotopic (exact) mass is 339 g/mol. The predicted molar refractivity (Wildman–Crippen MR) is 95.5 cm³/mol. The highest BCUT2D eigenvalue weighted by Gasteiger charge is 2.62. The Bertz CT molecular complexity index is 702. The highest BCUT2D eigenvalue weighted by molar-refractivity contribution is 5.95. The molecule has 4 heteroatoms. The number of hydrogen-bond donors (Lipinski definition) is 1. The third kappa shape index (κ3) is 2.99. The van der Waals surface area contributed by atoms with Gasteiger partial charge in [-0.25, -0.2) is 0 Å². The predicted octanol–water partition coefficient (Wildman–Crippen LogP) is 3.38. The maximum absolute atomic E-state index is 12.1. The quantitative estimate of drug-likeness (QED) is 0.612. The summed E-state index contributed by atoms with van der Waals surface area (Å²) in [7, 11) is 0. The third-order valence-electron chi connectivity index (χ3n) is 6.27. The number of carbonyl (C=O) groups excluding carboxylic acids is 2. The molecule has 132 valence electrons. The zero-order valence-corrected chi connectivity index (χ0v) is 14.7. The first kappa shape index (κ1) is 16.4. The van der Waals surface area contributed by atoms with Crippen LogP contribution >= 0.6 is 0 Å². The number of amides is 1. The van der Waals surface area contributed by atoms with E-state index in [-0.39, 0.29) is 18.3 Å². The van der Waals surface area contributed by atoms with E-state index in [2.05, 4.69) is 17.5 Å². The molecule has 1 N–H and O–H groups in total. The van der Waals surface area contributed by atoms with E-state index < -0.39 is 0 Å². The summed E-state index contributed by atoms with van der Waals surface area (Å²) < 4.78 is 5.53. The summed E-state index contributed by atoms with van der Waals surface area (Å²) >= 11 is 0. The Labute approximate surface area is 148 Å². The minimum absolute atomic E-state index is 0.0167. The molecule has 0 aliphatic heterocycles. The highest BCUT2D eigenvalue weighted by Crippen LogP contribution is 2.69. The van der Waals surface area contributed by atoms with Crippen LogP contribution in [0.5, 0.6) is 5.75 Å². The van der Waals surface area contributed by atoms with Gasteiger partial charge in [0, 0.05) is 18.5 Å². The van der Waals surface area contributed by atoms with Gasteiger partial charge in [0.2, 0.25) is 0 Å². The van der Waals surface area contributed by atoms with Crippen molar-refractivity contribution in [3.8, 4) is 5.75 Å². The van der Waals surface area contributed by atoms with Gasteiger partial charge in [0.1, 0.15) is 5.75 Å². The van der Waals surface area contributed by atoms with Crippen LogP contribution in [0.25, 0.3) is 0 Å². The van der Waals surface area contributed by atoms with Gasteiger partial charge in [-0.1, -0.05) is 19.1 Å². The molecule has 3 aliphatic rings. The number of nitrogens with one attached hydrogen (secondary N) is 1. The molecule has 3 atom stereocenters. The summed E-state index contributed by atoms with van der Waals surface area (Å²) in [5.41, 5.74) is 1.25. The zero-order valence-electron chi connectivity index (χ0n) is 14.7. The lowest BCUT2D eigenvalue weighted by atomic mass is 9.89. The van der Waals surface area contributed by atoms with E-state index in [0.29, 0.717) is 35.0 Å². The molecule has 1 aromatic carbocycles. The first-order valence-corrected chi connectivity index (χ1v) is 9.33. The highest BCUT2D eigenvalue weighted by atomic mass is 16.5. The van der Waals surface area contributed by atoms with E-state index >= 15 is 0 Å². The van der Waals surface area contributed by atoms with Gasteiger partial charge in [-0.2, -0.15) is 0 Å². The van der Waals surface area contributed by atoms with Crippen molar-refractivity contribution in [1.82, 2.24) is 5.32 Å². The molecule has 2 bridgehead atoms. The zero-order chi connectivity index (χ0) is 17.4. The van der Waals surface area contributed by atoms with Crippen LogP contribution in [-0.4, -0.2) is 24.8 Å². The van der Waals surface area contributed by atoms with Crippen LogP contribution in [0.4, 0.5) is 0 Å². The lowest BCUT2D eigenvalue weighted by Gasteiger charge is -2.20. The maximum Gasteiger partial charge on any atom is 0.257 e. The number of Topliss-reactive ketones (excluding diaryl/α,β-unsaturated/α-hetero) is 1. The molecule has 4 rings (SSSR count). The van der Waals surface area contributed by atoms with E-state index in [1.165, 1.54) is 19.3 Å². The first-order chi connectivity index (χ1) is 12.1. The van der Waals surface area contributed by atoms with Crippen LogP contribution in [-0.2, 0) is 4.79 Å². The molecule has 1 amide bonds. The summed E-state index contributed by atoms with van der Waals surface area (Å²) in [4.78, 5) is 23.7. The normalized spacial score (nSPS) is 27.5. The van der Waals surface area contributed by atoms with Gasteiger partial charge in [0.05, 0.1) is 0 Å². The SMILES string of the molecule is CCC(=O)c1ccc(OCC(=O)NC[C@@H]2C[C@@H]3C=C[C@@H]2C32CC2)cc1. The third-order valence-corrected chi connectivity index (χ3v) is 6.27. The van der Waals surface area contributed by atoms with E-state index in [1.807, 2.05) is 6.92 Å². The van der Waals surface area contributed by atoms with Gasteiger partial charge in [0.25, 0.3) is 5.91 Å². The first-order valence-electron chi connectivity index (χ1n) is 9.33. The molecule has 0 heterocycles. The Morgan fingerprint density at radius 3 is 2.60 bits per heavy atom. The molecule has 3 aliphatic carbocycles. The number of rotatable bonds is 7. The van der Waals surface area contributed by atoms with Crippen molar-refractivity contribution in [3.05, 3.63) is 42.0 Å². The van der Waals surface area contributed by atoms with Crippen LogP contribution in [0, 0.1) is 23.2 Å². The minimum Gasteiger partial charge on any atom is -0.484 e. The van der Waals surface area contributed by atoms with Crippen LogP contribution in [0.2, 0.25) is 0 Å². The van der Waals surface area contributed by atoms with Crippen molar-refractivity contribution in [3.63, 3.8) is 0 Å². The number of ether oxygens (including phenoxy) is 1. The summed E-state index contributed by atoms with van der Waals surface area (Å²) in [6.45, 7) is 2.61. The number of carbonyl (C=O) groups is 2. The Hall–Kier alpha value is -2.10. The van der Waals surface area contributed by atoms with E-state index in [4.69, 9.17) is 4.74 Å². The van der Waals surface area contributed by atoms with E-state index in [0.717, 1.165) is 12.5 Å². The standard InChI is InChI=1S/C21H25NO3/c1-2-19(23)14-3-6-17(7-4-14)25-13-20(24)22-12-15-11-16-5-8-18(15)21(16)9-10-21/h3-8,15-16,18H,2,9-13H2,1H3,(H,22,24)/t15-,16-,18-/m0/s1. The molecule has 0 unspecified atom stereocenters. The fraction of sp³-hybridized carbons (Fsp3) is 0.524. The van der Waals surface area contributed by atoms with Gasteiger partial charge >= 0.3 is 0 Å². The van der Waals surface area contributed by atoms with Crippen molar-refractivity contribution < 1.29 is 14.3 Å². The maximum atomic E-state index is 12.1. The van der Waals surface area contributed by atoms with Gasteiger partial charge in [-0.05, 0) is 66.7 Å². The molecule has 4 nitrogen and oxygen atoms in total. The summed E-state index contributed by atoms with van der Waals surface area (Å²) in [6, 6.07) is 6.98. The fourth-order valence-electron chi connectivity index (χ4n) is 4.74. The van der Waals surface area contributed by atoms with Crippen molar-refractivity contribution >= 4 is 11.7 Å². The lowest BCUT2D eigenvalue weighted by Crippen LogP contribution is -2.34. The summed E-state index contributed by atoms with van der Waals surface area (Å²) in [5.74, 6) is 2.65. The Balaban J connectivity index is 1.22. The molecule has 1 aromatic rings.